The van der Waals surface area contributed by atoms with Gasteiger partial charge in [-0.25, -0.2) is 9.78 Å². The number of halogens is 3. The molecule has 18 heavy (non-hydrogen) atoms. The zero-order valence-corrected chi connectivity index (χ0v) is 8.77. The molecule has 6 nitrogen and oxygen atoms in total. The van der Waals surface area contributed by atoms with Gasteiger partial charge in [-0.3, -0.25) is 4.79 Å². The zero-order chi connectivity index (χ0) is 13.5. The lowest BCUT2D eigenvalue weighted by molar-refractivity contribution is -0.190. The molecule has 0 radical (unpaired) electrons. The lowest BCUT2D eigenvalue weighted by Crippen LogP contribution is -2.53. The van der Waals surface area contributed by atoms with Gasteiger partial charge in [-0.2, -0.15) is 13.2 Å². The third kappa shape index (κ3) is 2.15. The molecule has 1 saturated heterocycles. The summed E-state index contributed by atoms with van der Waals surface area (Å²) < 4.78 is 41.0. The zero-order valence-electron chi connectivity index (χ0n) is 8.77. The molecular weight excluding hydrogens is 257 g/mol. The molecule has 9 heteroatoms. The second-order valence-electron chi connectivity index (χ2n) is 3.78. The third-order valence-corrected chi connectivity index (χ3v) is 2.50. The summed E-state index contributed by atoms with van der Waals surface area (Å²) in [5, 5.41) is 8.58. The molecule has 1 aromatic rings. The number of oxazole rings is 1. The number of carbonyl (C=O) groups excluding carboxylic acids is 1. The predicted molar refractivity (Wildman–Crippen MR) is 48.8 cm³/mol. The first-order valence-corrected chi connectivity index (χ1v) is 4.84. The lowest BCUT2D eigenvalue weighted by Gasteiger charge is -2.37. The monoisotopic (exact) mass is 264 g/mol. The molecule has 2 heterocycles. The second kappa shape index (κ2) is 4.00. The quantitative estimate of drug-likeness (QED) is 0.856. The average Bonchev–Trinajstić information content (AvgIpc) is 2.62. The molecule has 1 N–H and O–H groups in total. The highest BCUT2D eigenvalue weighted by molar-refractivity contribution is 5.85. The molecule has 0 aliphatic carbocycles. The van der Waals surface area contributed by atoms with Gasteiger partial charge in [0.2, 0.25) is 5.89 Å². The standard InChI is InChI=1S/C9H7F3N2O4/c10-9(11,12)8(17)14-1-4(2-14)6-13-5(3-18-6)7(15)16/h3-4H,1-2H2,(H,15,16). The Morgan fingerprint density at radius 3 is 2.50 bits per heavy atom. The van der Waals surface area contributed by atoms with Crippen LogP contribution in [0.2, 0.25) is 0 Å². The van der Waals surface area contributed by atoms with Crippen molar-refractivity contribution in [2.75, 3.05) is 13.1 Å². The van der Waals surface area contributed by atoms with Crippen molar-refractivity contribution in [3.05, 3.63) is 17.8 Å². The van der Waals surface area contributed by atoms with Crippen molar-refractivity contribution in [2.45, 2.75) is 12.1 Å². The normalized spacial score (nSPS) is 16.5. The van der Waals surface area contributed by atoms with Crippen molar-refractivity contribution >= 4 is 11.9 Å². The minimum atomic E-state index is -4.90. The number of carboxylic acids is 1. The SMILES string of the molecule is O=C(O)c1coc(C2CN(C(=O)C(F)(F)F)C2)n1. The Bertz CT molecular complexity index is 490. The van der Waals surface area contributed by atoms with E-state index in [9.17, 15) is 22.8 Å². The molecule has 0 aromatic carbocycles. The maximum atomic E-state index is 12.1. The van der Waals surface area contributed by atoms with Crippen LogP contribution in [0.4, 0.5) is 13.2 Å². The van der Waals surface area contributed by atoms with E-state index < -0.39 is 24.0 Å². The van der Waals surface area contributed by atoms with E-state index in [0.717, 1.165) is 6.26 Å². The van der Waals surface area contributed by atoms with Gasteiger partial charge in [0.25, 0.3) is 0 Å². The van der Waals surface area contributed by atoms with Crippen molar-refractivity contribution < 1.29 is 32.3 Å². The smallest absolute Gasteiger partial charge is 0.471 e. The minimum absolute atomic E-state index is 0.0265. The van der Waals surface area contributed by atoms with Gasteiger partial charge >= 0.3 is 18.1 Å². The molecule has 0 unspecified atom stereocenters. The van der Waals surface area contributed by atoms with Gasteiger partial charge in [0.05, 0.1) is 5.92 Å². The number of aromatic carboxylic acids is 1. The number of likely N-dealkylation sites (tertiary alicyclic amines) is 1. The molecule has 0 saturated carbocycles. The molecule has 1 aromatic heterocycles. The molecule has 1 amide bonds. The Hall–Kier alpha value is -2.06. The minimum Gasteiger partial charge on any atom is -0.476 e. The fourth-order valence-corrected chi connectivity index (χ4v) is 1.55. The van der Waals surface area contributed by atoms with Crippen LogP contribution < -0.4 is 0 Å². The van der Waals surface area contributed by atoms with Gasteiger partial charge in [-0.05, 0) is 0 Å². The average molecular weight is 264 g/mol. The first-order valence-electron chi connectivity index (χ1n) is 4.84. The highest BCUT2D eigenvalue weighted by Gasteiger charge is 2.47. The van der Waals surface area contributed by atoms with Crippen molar-refractivity contribution in [1.82, 2.24) is 9.88 Å². The molecule has 2 rings (SSSR count). The van der Waals surface area contributed by atoms with Crippen molar-refractivity contribution in [3.8, 4) is 0 Å². The number of hydrogen-bond acceptors (Lipinski definition) is 4. The van der Waals surface area contributed by atoms with Gasteiger partial charge in [-0.15, -0.1) is 0 Å². The van der Waals surface area contributed by atoms with E-state index in [2.05, 4.69) is 4.98 Å². The lowest BCUT2D eigenvalue weighted by atomic mass is 10.00. The van der Waals surface area contributed by atoms with Crippen LogP contribution in [-0.4, -0.2) is 46.1 Å². The van der Waals surface area contributed by atoms with Crippen LogP contribution in [0.1, 0.15) is 22.3 Å². The topological polar surface area (TPSA) is 83.6 Å². The number of aromatic nitrogens is 1. The summed E-state index contributed by atoms with van der Waals surface area (Å²) in [6.07, 6.45) is -3.99. The number of rotatable bonds is 2. The van der Waals surface area contributed by atoms with E-state index in [1.165, 1.54) is 0 Å². The summed E-state index contributed by atoms with van der Waals surface area (Å²) in [4.78, 5) is 25.5. The molecule has 1 aliphatic heterocycles. The Kier molecular flexibility index (Phi) is 2.76. The Morgan fingerprint density at radius 2 is 2.06 bits per heavy atom. The van der Waals surface area contributed by atoms with Gasteiger partial charge in [0.1, 0.15) is 6.26 Å². The van der Waals surface area contributed by atoms with E-state index in [0.29, 0.717) is 4.90 Å². The van der Waals surface area contributed by atoms with Crippen molar-refractivity contribution in [3.63, 3.8) is 0 Å². The molecular formula is C9H7F3N2O4. The fraction of sp³-hybridized carbons (Fsp3) is 0.444. The Balaban J connectivity index is 1.96. The van der Waals surface area contributed by atoms with Gasteiger partial charge in [0, 0.05) is 13.1 Å². The molecule has 0 atom stereocenters. The van der Waals surface area contributed by atoms with Crippen LogP contribution in [0.5, 0.6) is 0 Å². The number of hydrogen-bond donors (Lipinski definition) is 1. The number of carboxylic acid groups (broad SMARTS) is 1. The largest absolute Gasteiger partial charge is 0.476 e. The summed E-state index contributed by atoms with van der Waals surface area (Å²) in [7, 11) is 0. The Labute approximate surface area is 98.0 Å². The maximum absolute atomic E-state index is 12.1. The van der Waals surface area contributed by atoms with Gasteiger partial charge in [-0.1, -0.05) is 0 Å². The molecule has 98 valence electrons. The van der Waals surface area contributed by atoms with Crippen molar-refractivity contribution in [1.29, 1.82) is 0 Å². The van der Waals surface area contributed by atoms with Crippen LogP contribution in [0.3, 0.4) is 0 Å². The number of carbonyl (C=O) groups is 2. The first kappa shape index (κ1) is 12.4. The summed E-state index contributed by atoms with van der Waals surface area (Å²) in [5.74, 6) is -3.67. The highest BCUT2D eigenvalue weighted by Crippen LogP contribution is 2.30. The Morgan fingerprint density at radius 1 is 1.44 bits per heavy atom. The molecule has 0 spiro atoms. The summed E-state index contributed by atoms with van der Waals surface area (Å²) in [5.41, 5.74) is -0.314. The van der Waals surface area contributed by atoms with Crippen LogP contribution in [0, 0.1) is 0 Å². The highest BCUT2D eigenvalue weighted by atomic mass is 19.4. The van der Waals surface area contributed by atoms with Crippen LogP contribution in [0.25, 0.3) is 0 Å². The summed E-state index contributed by atoms with van der Waals surface area (Å²) >= 11 is 0. The number of nitrogens with zero attached hydrogens (tertiary/aromatic N) is 2. The van der Waals surface area contributed by atoms with Crippen molar-refractivity contribution in [2.24, 2.45) is 0 Å². The van der Waals surface area contributed by atoms with Gasteiger partial charge in [0.15, 0.2) is 5.69 Å². The van der Waals surface area contributed by atoms with Crippen LogP contribution in [0.15, 0.2) is 10.7 Å². The second-order valence-corrected chi connectivity index (χ2v) is 3.78. The summed E-state index contributed by atoms with van der Waals surface area (Å²) in [6, 6.07) is 0. The molecule has 0 bridgehead atoms. The summed E-state index contributed by atoms with van der Waals surface area (Å²) in [6.45, 7) is -0.365. The first-order chi connectivity index (χ1) is 8.29. The van der Waals surface area contributed by atoms with Crippen LogP contribution >= 0.6 is 0 Å². The molecule has 1 aliphatic rings. The number of alkyl halides is 3. The van der Waals surface area contributed by atoms with E-state index in [4.69, 9.17) is 9.52 Å². The van der Waals surface area contributed by atoms with E-state index in [-0.39, 0.29) is 24.7 Å². The predicted octanol–water partition coefficient (Wildman–Crippen LogP) is 0.861. The maximum Gasteiger partial charge on any atom is 0.471 e. The van der Waals surface area contributed by atoms with E-state index >= 15 is 0 Å². The fourth-order valence-electron chi connectivity index (χ4n) is 1.55. The van der Waals surface area contributed by atoms with E-state index in [1.54, 1.807) is 0 Å². The van der Waals surface area contributed by atoms with Crippen LogP contribution in [-0.2, 0) is 4.79 Å². The van der Waals surface area contributed by atoms with Gasteiger partial charge < -0.3 is 14.4 Å². The molecule has 1 fully saturated rings. The third-order valence-electron chi connectivity index (χ3n) is 2.50. The van der Waals surface area contributed by atoms with E-state index in [1.807, 2.05) is 0 Å². The number of amides is 1.